The van der Waals surface area contributed by atoms with Crippen molar-refractivity contribution in [1.29, 1.82) is 0 Å². The zero-order chi connectivity index (χ0) is 10.1. The number of pyridine rings is 1. The van der Waals surface area contributed by atoms with Crippen molar-refractivity contribution in [2.45, 2.75) is 6.92 Å². The van der Waals surface area contributed by atoms with Crippen molar-refractivity contribution < 1.29 is 4.74 Å². The molecule has 2 heterocycles. The number of anilines is 1. The highest BCUT2D eigenvalue weighted by Gasteiger charge is 2.10. The third-order valence-corrected chi connectivity index (χ3v) is 2.34. The van der Waals surface area contributed by atoms with Crippen molar-refractivity contribution in [3.05, 3.63) is 16.7 Å². The van der Waals surface area contributed by atoms with Gasteiger partial charge in [0, 0.05) is 6.20 Å². The molecule has 0 aliphatic heterocycles. The van der Waals surface area contributed by atoms with E-state index in [1.807, 2.05) is 13.0 Å². The van der Waals surface area contributed by atoms with E-state index < -0.39 is 0 Å². The molecule has 0 aliphatic carbocycles. The molecule has 0 unspecified atom stereocenters. The number of fused-ring (bicyclic) bond motifs is 1. The van der Waals surface area contributed by atoms with Crippen molar-refractivity contribution in [3.8, 4) is 5.75 Å². The van der Waals surface area contributed by atoms with Gasteiger partial charge in [-0.3, -0.25) is 0 Å². The van der Waals surface area contributed by atoms with Crippen LogP contribution in [0.15, 0.2) is 16.7 Å². The minimum absolute atomic E-state index is 0.240. The average Bonchev–Trinajstić information content (AvgIpc) is 2.51. The summed E-state index contributed by atoms with van der Waals surface area (Å²) in [6.45, 7) is 2.49. The van der Waals surface area contributed by atoms with Gasteiger partial charge in [-0.05, 0) is 28.9 Å². The molecule has 2 N–H and O–H groups in total. The standard InChI is InChI=1S/C8H9BrN4O/c1-2-14-6-5(9)3-4-13-7(6)11-8(10)12-13/h3-4H,2H2,1H3,(H2,10,12). The van der Waals surface area contributed by atoms with Gasteiger partial charge in [0.25, 0.3) is 0 Å². The second-order valence-electron chi connectivity index (χ2n) is 2.66. The summed E-state index contributed by atoms with van der Waals surface area (Å²) in [7, 11) is 0. The lowest BCUT2D eigenvalue weighted by Gasteiger charge is -2.05. The lowest BCUT2D eigenvalue weighted by atomic mass is 10.4. The molecule has 2 rings (SSSR count). The zero-order valence-electron chi connectivity index (χ0n) is 7.57. The van der Waals surface area contributed by atoms with Crippen LogP contribution in [0.4, 0.5) is 5.95 Å². The summed E-state index contributed by atoms with van der Waals surface area (Å²) in [5, 5.41) is 3.98. The molecule has 0 bridgehead atoms. The Kier molecular flexibility index (Phi) is 2.28. The Balaban J connectivity index is 2.68. The van der Waals surface area contributed by atoms with Gasteiger partial charge in [-0.25, -0.2) is 4.52 Å². The van der Waals surface area contributed by atoms with Crippen LogP contribution in [0.3, 0.4) is 0 Å². The maximum atomic E-state index is 5.49. The Labute approximate surface area is 89.0 Å². The van der Waals surface area contributed by atoms with Crippen molar-refractivity contribution in [1.82, 2.24) is 14.6 Å². The van der Waals surface area contributed by atoms with E-state index in [0.29, 0.717) is 18.0 Å². The monoisotopic (exact) mass is 256 g/mol. The van der Waals surface area contributed by atoms with Crippen molar-refractivity contribution >= 4 is 27.5 Å². The Morgan fingerprint density at radius 3 is 3.14 bits per heavy atom. The first-order valence-electron chi connectivity index (χ1n) is 4.15. The van der Waals surface area contributed by atoms with E-state index in [0.717, 1.165) is 4.47 Å². The van der Waals surface area contributed by atoms with E-state index >= 15 is 0 Å². The van der Waals surface area contributed by atoms with E-state index in [2.05, 4.69) is 26.0 Å². The number of aromatic nitrogens is 3. The van der Waals surface area contributed by atoms with E-state index in [4.69, 9.17) is 10.5 Å². The first-order valence-corrected chi connectivity index (χ1v) is 4.95. The van der Waals surface area contributed by atoms with Crippen LogP contribution < -0.4 is 10.5 Å². The fraction of sp³-hybridized carbons (Fsp3) is 0.250. The minimum Gasteiger partial charge on any atom is -0.489 e. The maximum absolute atomic E-state index is 5.49. The van der Waals surface area contributed by atoms with Gasteiger partial charge in [0.15, 0.2) is 5.75 Å². The smallest absolute Gasteiger partial charge is 0.240 e. The topological polar surface area (TPSA) is 65.4 Å². The first-order chi connectivity index (χ1) is 6.72. The number of nitrogens with zero attached hydrogens (tertiary/aromatic N) is 3. The molecule has 0 fully saturated rings. The van der Waals surface area contributed by atoms with Crippen LogP contribution in [0.5, 0.6) is 5.75 Å². The highest BCUT2D eigenvalue weighted by atomic mass is 79.9. The number of nitrogen functional groups attached to an aromatic ring is 1. The van der Waals surface area contributed by atoms with Gasteiger partial charge in [-0.2, -0.15) is 4.98 Å². The van der Waals surface area contributed by atoms with Crippen LogP contribution in [0, 0.1) is 0 Å². The molecule has 2 aromatic rings. The number of nitrogens with two attached hydrogens (primary N) is 1. The fourth-order valence-corrected chi connectivity index (χ4v) is 1.60. The van der Waals surface area contributed by atoms with Crippen molar-refractivity contribution in [3.63, 3.8) is 0 Å². The van der Waals surface area contributed by atoms with E-state index in [1.165, 1.54) is 0 Å². The molecule has 0 spiro atoms. The summed E-state index contributed by atoms with van der Waals surface area (Å²) >= 11 is 3.38. The van der Waals surface area contributed by atoms with Crippen LogP contribution in [-0.4, -0.2) is 21.2 Å². The SMILES string of the molecule is CCOc1c(Br)ccn2nc(N)nc12. The number of rotatable bonds is 2. The van der Waals surface area contributed by atoms with E-state index in [9.17, 15) is 0 Å². The second-order valence-corrected chi connectivity index (χ2v) is 3.52. The third-order valence-electron chi connectivity index (χ3n) is 1.72. The second kappa shape index (κ2) is 3.45. The quantitative estimate of drug-likeness (QED) is 0.884. The molecular formula is C8H9BrN4O. The molecule has 0 amide bonds. The molecule has 74 valence electrons. The Morgan fingerprint density at radius 1 is 1.64 bits per heavy atom. The first kappa shape index (κ1) is 9.26. The summed E-state index contributed by atoms with van der Waals surface area (Å²) in [5.74, 6) is 0.906. The van der Waals surface area contributed by atoms with Crippen molar-refractivity contribution in [2.75, 3.05) is 12.3 Å². The predicted molar refractivity (Wildman–Crippen MR) is 56.3 cm³/mol. The molecule has 0 aromatic carbocycles. The Hall–Kier alpha value is -1.30. The predicted octanol–water partition coefficient (Wildman–Crippen LogP) is 1.47. The minimum atomic E-state index is 0.240. The highest BCUT2D eigenvalue weighted by Crippen LogP contribution is 2.28. The largest absolute Gasteiger partial charge is 0.489 e. The molecule has 5 nitrogen and oxygen atoms in total. The van der Waals surface area contributed by atoms with Crippen molar-refractivity contribution in [2.24, 2.45) is 0 Å². The van der Waals surface area contributed by atoms with E-state index in [1.54, 1.807) is 10.7 Å². The maximum Gasteiger partial charge on any atom is 0.240 e. The molecule has 6 heteroatoms. The molecular weight excluding hydrogens is 248 g/mol. The van der Waals surface area contributed by atoms with Crippen LogP contribution in [0.2, 0.25) is 0 Å². The van der Waals surface area contributed by atoms with Crippen LogP contribution in [-0.2, 0) is 0 Å². The molecule has 0 saturated heterocycles. The lowest BCUT2D eigenvalue weighted by molar-refractivity contribution is 0.340. The molecule has 0 atom stereocenters. The summed E-state index contributed by atoms with van der Waals surface area (Å²) < 4.78 is 7.87. The molecule has 0 radical (unpaired) electrons. The average molecular weight is 257 g/mol. The zero-order valence-corrected chi connectivity index (χ0v) is 9.15. The fourth-order valence-electron chi connectivity index (χ4n) is 1.19. The molecule has 0 aliphatic rings. The third kappa shape index (κ3) is 1.41. The summed E-state index contributed by atoms with van der Waals surface area (Å²) in [5.41, 5.74) is 6.12. The van der Waals surface area contributed by atoms with Gasteiger partial charge in [-0.15, -0.1) is 5.10 Å². The molecule has 14 heavy (non-hydrogen) atoms. The summed E-state index contributed by atoms with van der Waals surface area (Å²) in [4.78, 5) is 4.07. The van der Waals surface area contributed by atoms with Gasteiger partial charge < -0.3 is 10.5 Å². The summed E-state index contributed by atoms with van der Waals surface area (Å²) in [6, 6.07) is 1.84. The molecule has 0 saturated carbocycles. The molecule has 2 aromatic heterocycles. The van der Waals surface area contributed by atoms with Gasteiger partial charge >= 0.3 is 0 Å². The van der Waals surface area contributed by atoms with Crippen LogP contribution >= 0.6 is 15.9 Å². The summed E-state index contributed by atoms with van der Waals surface area (Å²) in [6.07, 6.45) is 1.77. The van der Waals surface area contributed by atoms with Gasteiger partial charge in [0.1, 0.15) is 0 Å². The van der Waals surface area contributed by atoms with E-state index in [-0.39, 0.29) is 5.95 Å². The highest BCUT2D eigenvalue weighted by molar-refractivity contribution is 9.10. The van der Waals surface area contributed by atoms with Crippen LogP contribution in [0.1, 0.15) is 6.92 Å². The van der Waals surface area contributed by atoms with Gasteiger partial charge in [0.2, 0.25) is 11.6 Å². The van der Waals surface area contributed by atoms with Gasteiger partial charge in [0.05, 0.1) is 11.1 Å². The Morgan fingerprint density at radius 2 is 2.43 bits per heavy atom. The number of hydrogen-bond acceptors (Lipinski definition) is 4. The number of halogens is 1. The number of hydrogen-bond donors (Lipinski definition) is 1. The lowest BCUT2D eigenvalue weighted by Crippen LogP contribution is -1.97. The normalized spacial score (nSPS) is 10.7. The number of ether oxygens (including phenoxy) is 1. The van der Waals surface area contributed by atoms with Crippen LogP contribution in [0.25, 0.3) is 5.65 Å². The Bertz CT molecular complexity index is 468. The van der Waals surface area contributed by atoms with Gasteiger partial charge in [-0.1, -0.05) is 0 Å².